The first-order valence-corrected chi connectivity index (χ1v) is 5.27. The van der Waals surface area contributed by atoms with Crippen LogP contribution in [0.15, 0.2) is 0 Å². The Hall–Kier alpha value is -0.220. The minimum Gasteiger partial charge on any atom is -0.396 e. The summed E-state index contributed by atoms with van der Waals surface area (Å²) in [5, 5.41) is 16.1. The Morgan fingerprint density at radius 2 is 2.33 bits per heavy atom. The number of aliphatic hydroxyl groups excluding tert-OH is 1. The minimum absolute atomic E-state index is 0.265. The van der Waals surface area contributed by atoms with E-state index in [2.05, 4.69) is 6.92 Å². The standard InChI is InChI=1S/C8H18N2OS/c1-7(4-5-11)12-6-2-3-8(9)10/h7,11H,2-6H2,1H3,(H3,9,10). The lowest BCUT2D eigenvalue weighted by atomic mass is 10.3. The first-order chi connectivity index (χ1) is 5.66. The fourth-order valence-electron chi connectivity index (χ4n) is 0.812. The van der Waals surface area contributed by atoms with E-state index in [0.717, 1.165) is 18.6 Å². The maximum Gasteiger partial charge on any atom is 0.0905 e. The van der Waals surface area contributed by atoms with Gasteiger partial charge < -0.3 is 10.8 Å². The SMILES string of the molecule is CC(CCO)SCCCC(=N)N. The molecule has 0 aromatic carbocycles. The zero-order chi connectivity index (χ0) is 9.40. The van der Waals surface area contributed by atoms with Crippen LogP contribution in [0.5, 0.6) is 0 Å². The maximum atomic E-state index is 8.61. The van der Waals surface area contributed by atoms with Gasteiger partial charge in [-0.2, -0.15) is 11.8 Å². The lowest BCUT2D eigenvalue weighted by Crippen LogP contribution is -2.09. The Kier molecular flexibility index (Phi) is 7.29. The number of rotatable bonds is 7. The Balaban J connectivity index is 3.13. The van der Waals surface area contributed by atoms with E-state index in [1.807, 2.05) is 11.8 Å². The van der Waals surface area contributed by atoms with E-state index in [-0.39, 0.29) is 12.4 Å². The number of thioether (sulfide) groups is 1. The molecule has 0 amide bonds. The molecule has 4 heteroatoms. The molecule has 0 aromatic heterocycles. The number of amidine groups is 1. The molecule has 0 saturated heterocycles. The van der Waals surface area contributed by atoms with Crippen LogP contribution in [0, 0.1) is 5.41 Å². The Bertz CT molecular complexity index is 130. The zero-order valence-electron chi connectivity index (χ0n) is 7.55. The molecular weight excluding hydrogens is 172 g/mol. The molecule has 0 saturated carbocycles. The Morgan fingerprint density at radius 1 is 1.67 bits per heavy atom. The van der Waals surface area contributed by atoms with Gasteiger partial charge in [-0.15, -0.1) is 0 Å². The van der Waals surface area contributed by atoms with Gasteiger partial charge in [-0.05, 0) is 18.6 Å². The van der Waals surface area contributed by atoms with Gasteiger partial charge >= 0.3 is 0 Å². The molecule has 4 N–H and O–H groups in total. The highest BCUT2D eigenvalue weighted by molar-refractivity contribution is 7.99. The van der Waals surface area contributed by atoms with E-state index in [0.29, 0.717) is 11.7 Å². The van der Waals surface area contributed by atoms with Crippen LogP contribution >= 0.6 is 11.8 Å². The summed E-state index contributed by atoms with van der Waals surface area (Å²) in [4.78, 5) is 0. The van der Waals surface area contributed by atoms with Gasteiger partial charge in [0, 0.05) is 18.3 Å². The largest absolute Gasteiger partial charge is 0.396 e. The molecule has 0 aromatic rings. The Morgan fingerprint density at radius 3 is 2.83 bits per heavy atom. The maximum absolute atomic E-state index is 8.61. The second-order valence-electron chi connectivity index (χ2n) is 2.82. The molecule has 72 valence electrons. The molecule has 1 unspecified atom stereocenters. The number of nitrogens with two attached hydrogens (primary N) is 1. The second-order valence-corrected chi connectivity index (χ2v) is 4.37. The van der Waals surface area contributed by atoms with Gasteiger partial charge in [0.05, 0.1) is 5.84 Å². The van der Waals surface area contributed by atoms with Gasteiger partial charge in [0.15, 0.2) is 0 Å². The van der Waals surface area contributed by atoms with Crippen molar-refractivity contribution in [2.45, 2.75) is 31.4 Å². The smallest absolute Gasteiger partial charge is 0.0905 e. The summed E-state index contributed by atoms with van der Waals surface area (Å²) in [6.45, 7) is 2.37. The predicted molar refractivity (Wildman–Crippen MR) is 54.8 cm³/mol. The highest BCUT2D eigenvalue weighted by Crippen LogP contribution is 2.14. The number of aliphatic hydroxyl groups is 1. The van der Waals surface area contributed by atoms with Crippen LogP contribution in [0.2, 0.25) is 0 Å². The second kappa shape index (κ2) is 7.43. The van der Waals surface area contributed by atoms with Crippen molar-refractivity contribution in [3.8, 4) is 0 Å². The summed E-state index contributed by atoms with van der Waals surface area (Å²) in [7, 11) is 0. The average Bonchev–Trinajstić information content (AvgIpc) is 1.98. The molecule has 3 nitrogen and oxygen atoms in total. The van der Waals surface area contributed by atoms with Crippen LogP contribution in [-0.2, 0) is 0 Å². The first-order valence-electron chi connectivity index (χ1n) is 4.22. The molecule has 0 aliphatic carbocycles. The number of hydrogen-bond acceptors (Lipinski definition) is 3. The average molecular weight is 190 g/mol. The van der Waals surface area contributed by atoms with Crippen molar-refractivity contribution < 1.29 is 5.11 Å². The molecule has 0 fully saturated rings. The van der Waals surface area contributed by atoms with E-state index in [1.54, 1.807) is 0 Å². The van der Waals surface area contributed by atoms with Gasteiger partial charge in [-0.25, -0.2) is 0 Å². The normalized spacial score (nSPS) is 12.8. The zero-order valence-corrected chi connectivity index (χ0v) is 8.36. The van der Waals surface area contributed by atoms with Crippen LogP contribution in [0.1, 0.15) is 26.2 Å². The van der Waals surface area contributed by atoms with Crippen LogP contribution < -0.4 is 5.73 Å². The number of hydrogen-bond donors (Lipinski definition) is 3. The molecule has 1 atom stereocenters. The summed E-state index contributed by atoms with van der Waals surface area (Å²) in [5.41, 5.74) is 5.20. The van der Waals surface area contributed by atoms with Crippen molar-refractivity contribution in [2.75, 3.05) is 12.4 Å². The van der Waals surface area contributed by atoms with Gasteiger partial charge in [0.2, 0.25) is 0 Å². The van der Waals surface area contributed by atoms with Gasteiger partial charge in [0.25, 0.3) is 0 Å². The lowest BCUT2D eigenvalue weighted by Gasteiger charge is -2.08. The predicted octanol–water partition coefficient (Wildman–Crippen LogP) is 1.21. The van der Waals surface area contributed by atoms with E-state index >= 15 is 0 Å². The van der Waals surface area contributed by atoms with Gasteiger partial charge in [-0.3, -0.25) is 5.41 Å². The molecule has 0 bridgehead atoms. The van der Waals surface area contributed by atoms with Crippen molar-refractivity contribution in [1.29, 1.82) is 5.41 Å². The Labute approximate surface area is 78.2 Å². The molecule has 0 radical (unpaired) electrons. The van der Waals surface area contributed by atoms with Gasteiger partial charge in [-0.1, -0.05) is 6.92 Å². The molecule has 12 heavy (non-hydrogen) atoms. The van der Waals surface area contributed by atoms with Crippen LogP contribution in [0.25, 0.3) is 0 Å². The van der Waals surface area contributed by atoms with Crippen molar-refractivity contribution in [1.82, 2.24) is 0 Å². The highest BCUT2D eigenvalue weighted by Gasteiger charge is 2.00. The van der Waals surface area contributed by atoms with E-state index in [4.69, 9.17) is 16.2 Å². The minimum atomic E-state index is 0.265. The summed E-state index contributed by atoms with van der Waals surface area (Å²) < 4.78 is 0. The van der Waals surface area contributed by atoms with Gasteiger partial charge in [0.1, 0.15) is 0 Å². The lowest BCUT2D eigenvalue weighted by molar-refractivity contribution is 0.289. The van der Waals surface area contributed by atoms with Crippen molar-refractivity contribution in [3.63, 3.8) is 0 Å². The van der Waals surface area contributed by atoms with E-state index < -0.39 is 0 Å². The molecule has 0 heterocycles. The fraction of sp³-hybridized carbons (Fsp3) is 0.875. The van der Waals surface area contributed by atoms with Crippen molar-refractivity contribution >= 4 is 17.6 Å². The summed E-state index contributed by atoms with van der Waals surface area (Å²) >= 11 is 1.83. The third-order valence-corrected chi connectivity index (χ3v) is 2.86. The quantitative estimate of drug-likeness (QED) is 0.321. The van der Waals surface area contributed by atoms with Crippen molar-refractivity contribution in [3.05, 3.63) is 0 Å². The fourth-order valence-corrected chi connectivity index (χ4v) is 1.80. The number of nitrogens with one attached hydrogen (secondary N) is 1. The monoisotopic (exact) mass is 190 g/mol. The summed E-state index contributed by atoms with van der Waals surface area (Å²) in [6.07, 6.45) is 2.51. The molecule has 0 aliphatic rings. The van der Waals surface area contributed by atoms with Crippen LogP contribution in [-0.4, -0.2) is 28.6 Å². The summed E-state index contributed by atoms with van der Waals surface area (Å²) in [6, 6.07) is 0. The molecule has 0 aliphatic heterocycles. The van der Waals surface area contributed by atoms with E-state index in [1.165, 1.54) is 0 Å². The van der Waals surface area contributed by atoms with Crippen LogP contribution in [0.3, 0.4) is 0 Å². The highest BCUT2D eigenvalue weighted by atomic mass is 32.2. The van der Waals surface area contributed by atoms with E-state index in [9.17, 15) is 0 Å². The molecule has 0 spiro atoms. The topological polar surface area (TPSA) is 70.1 Å². The third-order valence-electron chi connectivity index (χ3n) is 1.53. The summed E-state index contributed by atoms with van der Waals surface area (Å²) in [5.74, 6) is 1.30. The third kappa shape index (κ3) is 7.88. The molecule has 0 rings (SSSR count). The first kappa shape index (κ1) is 11.8. The van der Waals surface area contributed by atoms with Crippen LogP contribution in [0.4, 0.5) is 0 Å². The van der Waals surface area contributed by atoms with Crippen molar-refractivity contribution in [2.24, 2.45) is 5.73 Å². The molecular formula is C8H18N2OS.